The number of rotatable bonds is 1. The summed E-state index contributed by atoms with van der Waals surface area (Å²) in [6.45, 7) is 0. The average molecular weight is 221 g/mol. The van der Waals surface area contributed by atoms with Crippen molar-refractivity contribution in [2.45, 2.75) is 5.03 Å². The second-order valence-corrected chi connectivity index (χ2v) is 3.81. The summed E-state index contributed by atoms with van der Waals surface area (Å²) in [6, 6.07) is 0. The molecule has 0 saturated carbocycles. The number of hydrogen-bond donors (Lipinski definition) is 1. The summed E-state index contributed by atoms with van der Waals surface area (Å²) < 4.78 is 3.20. The largest absolute Gasteiger partial charge is 0.356 e. The second-order valence-electron chi connectivity index (χ2n) is 3.02. The fraction of sp³-hybridized carbons (Fsp3) is 0.222. The molecule has 6 heteroatoms. The van der Waals surface area contributed by atoms with Gasteiger partial charge in [-0.25, -0.2) is 4.57 Å². The number of nitrogens with zero attached hydrogens (tertiary/aromatic N) is 3. The van der Waals surface area contributed by atoms with Crippen LogP contribution >= 0.6 is 11.8 Å². The maximum absolute atomic E-state index is 11.9. The summed E-state index contributed by atoms with van der Waals surface area (Å²) in [5, 5.41) is 12.1. The topological polar surface area (TPSA) is 62.1 Å². The molecule has 0 fully saturated rings. The second kappa shape index (κ2) is 3.49. The molecule has 76 valence electrons. The number of nitrogens with one attached hydrogen (secondary N) is 1. The number of aryl methyl sites for hydroxylation is 1. The summed E-state index contributed by atoms with van der Waals surface area (Å²) in [6.07, 6.45) is 5.28. The van der Waals surface area contributed by atoms with E-state index < -0.39 is 0 Å². The van der Waals surface area contributed by atoms with Crippen LogP contribution in [0.4, 0.5) is 0 Å². The van der Waals surface area contributed by atoms with E-state index in [0.717, 1.165) is 0 Å². The number of thioether (sulfide) groups is 1. The lowest BCUT2D eigenvalue weighted by Crippen LogP contribution is -2.39. The van der Waals surface area contributed by atoms with Gasteiger partial charge in [0, 0.05) is 0 Å². The van der Waals surface area contributed by atoms with E-state index in [1.807, 2.05) is 6.26 Å². The van der Waals surface area contributed by atoms with Gasteiger partial charge < -0.3 is 0 Å². The highest BCUT2D eigenvalue weighted by Gasteiger charge is 2.16. The number of fused-ring (bicyclic) bond motifs is 1. The Balaban J connectivity index is 3.12. The van der Waals surface area contributed by atoms with Crippen LogP contribution in [0.5, 0.6) is 0 Å². The van der Waals surface area contributed by atoms with Gasteiger partial charge in [-0.15, -0.1) is 11.8 Å². The van der Waals surface area contributed by atoms with Gasteiger partial charge >= 0.3 is 5.65 Å². The van der Waals surface area contributed by atoms with Crippen LogP contribution in [-0.2, 0) is 7.05 Å². The van der Waals surface area contributed by atoms with Crippen molar-refractivity contribution < 1.29 is 4.57 Å². The molecule has 1 N–H and O–H groups in total. The fourth-order valence-corrected chi connectivity index (χ4v) is 1.94. The minimum Gasteiger partial charge on any atom is -0.279 e. The van der Waals surface area contributed by atoms with E-state index in [-0.39, 0.29) is 10.6 Å². The molecule has 0 saturated heterocycles. The Morgan fingerprint density at radius 3 is 3.00 bits per heavy atom. The van der Waals surface area contributed by atoms with Crippen molar-refractivity contribution in [3.63, 3.8) is 0 Å². The van der Waals surface area contributed by atoms with Crippen LogP contribution in [0.1, 0.15) is 0 Å². The highest BCUT2D eigenvalue weighted by atomic mass is 32.2. The van der Waals surface area contributed by atoms with E-state index in [2.05, 4.69) is 11.0 Å². The average Bonchev–Trinajstić information content (AvgIpc) is 2.60. The van der Waals surface area contributed by atoms with Crippen molar-refractivity contribution in [2.24, 2.45) is 7.05 Å². The van der Waals surface area contributed by atoms with E-state index in [1.54, 1.807) is 24.0 Å². The number of aromatic nitrogens is 3. The van der Waals surface area contributed by atoms with Crippen LogP contribution in [-0.4, -0.2) is 21.7 Å². The molecular formula is C9H9N4OS+. The van der Waals surface area contributed by atoms with Gasteiger partial charge in [0.1, 0.15) is 11.4 Å². The van der Waals surface area contributed by atoms with Gasteiger partial charge in [-0.05, 0) is 12.1 Å². The van der Waals surface area contributed by atoms with Gasteiger partial charge in [-0.3, -0.25) is 10.2 Å². The standard InChI is InChI=1S/C9H9N4OS/c1-12-3-4-13-9(12)7(14)6(5-10)8(11-13)15-2/h3-4,10H,1-2H3/q+1. The smallest absolute Gasteiger partial charge is 0.279 e. The van der Waals surface area contributed by atoms with Crippen LogP contribution < -0.4 is 15.2 Å². The lowest BCUT2D eigenvalue weighted by molar-refractivity contribution is -0.645. The Morgan fingerprint density at radius 2 is 2.40 bits per heavy atom. The Hall–Kier alpha value is -1.65. The molecule has 0 aliphatic carbocycles. The molecule has 2 heterocycles. The van der Waals surface area contributed by atoms with Gasteiger partial charge in [0.15, 0.2) is 11.2 Å². The van der Waals surface area contributed by atoms with E-state index in [0.29, 0.717) is 10.7 Å². The molecule has 0 atom stereocenters. The van der Waals surface area contributed by atoms with E-state index in [9.17, 15) is 4.79 Å². The monoisotopic (exact) mass is 221 g/mol. The molecule has 0 bridgehead atoms. The molecule has 0 radical (unpaired) electrons. The molecule has 2 aromatic rings. The summed E-state index contributed by atoms with van der Waals surface area (Å²) >= 11 is 1.33. The predicted octanol–water partition coefficient (Wildman–Crippen LogP) is -1.12. The molecule has 0 aliphatic rings. The molecule has 15 heavy (non-hydrogen) atoms. The van der Waals surface area contributed by atoms with Crippen LogP contribution in [0.2, 0.25) is 0 Å². The third kappa shape index (κ3) is 1.35. The minimum absolute atomic E-state index is 0.211. The highest BCUT2D eigenvalue weighted by molar-refractivity contribution is 7.98. The first kappa shape index (κ1) is 9.89. The Bertz CT molecular complexity index is 657. The maximum atomic E-state index is 11.9. The molecule has 2 aromatic heterocycles. The minimum atomic E-state index is -0.211. The van der Waals surface area contributed by atoms with Crippen molar-refractivity contribution in [2.75, 3.05) is 6.26 Å². The van der Waals surface area contributed by atoms with Crippen molar-refractivity contribution >= 4 is 23.3 Å². The summed E-state index contributed by atoms with van der Waals surface area (Å²) in [4.78, 5) is 11.9. The van der Waals surface area contributed by atoms with Crippen LogP contribution in [0, 0.1) is 5.41 Å². The molecule has 0 spiro atoms. The van der Waals surface area contributed by atoms with Crippen LogP contribution in [0.25, 0.3) is 5.65 Å². The lowest BCUT2D eigenvalue weighted by atomic mass is 10.4. The lowest BCUT2D eigenvalue weighted by Gasteiger charge is -1.91. The van der Waals surface area contributed by atoms with Gasteiger partial charge in [0.05, 0.1) is 7.05 Å². The zero-order valence-electron chi connectivity index (χ0n) is 8.31. The van der Waals surface area contributed by atoms with Gasteiger partial charge in [0.2, 0.25) is 0 Å². The summed E-state index contributed by atoms with van der Waals surface area (Å²) in [7, 11) is 1.77. The summed E-state index contributed by atoms with van der Waals surface area (Å²) in [5.41, 5.74) is 0.236. The van der Waals surface area contributed by atoms with E-state index in [1.165, 1.54) is 16.3 Å². The first-order valence-electron chi connectivity index (χ1n) is 4.23. The normalized spacial score (nSPS) is 10.5. The Kier molecular flexibility index (Phi) is 2.30. The first-order valence-corrected chi connectivity index (χ1v) is 5.46. The molecular weight excluding hydrogens is 212 g/mol. The van der Waals surface area contributed by atoms with E-state index >= 15 is 0 Å². The van der Waals surface area contributed by atoms with Gasteiger partial charge in [-0.2, -0.15) is 0 Å². The van der Waals surface area contributed by atoms with Crippen molar-refractivity contribution in [1.29, 1.82) is 5.41 Å². The quantitative estimate of drug-likeness (QED) is 0.377. The van der Waals surface area contributed by atoms with Crippen LogP contribution in [0.3, 0.4) is 0 Å². The highest BCUT2D eigenvalue weighted by Crippen LogP contribution is 2.02. The zero-order chi connectivity index (χ0) is 11.0. The van der Waals surface area contributed by atoms with Gasteiger partial charge in [-0.1, -0.05) is 9.61 Å². The third-order valence-electron chi connectivity index (χ3n) is 2.14. The number of hydrogen-bond acceptors (Lipinski definition) is 4. The van der Waals surface area contributed by atoms with Crippen LogP contribution in [0.15, 0.2) is 22.2 Å². The molecule has 0 unspecified atom stereocenters. The SMILES string of the molecule is CSc1nn2cc[n+](C)c2c(=O)c1=C=N. The fourth-order valence-electron chi connectivity index (χ4n) is 1.42. The molecule has 0 aromatic carbocycles. The molecule has 0 aliphatic heterocycles. The van der Waals surface area contributed by atoms with Crippen molar-refractivity contribution in [1.82, 2.24) is 9.61 Å². The van der Waals surface area contributed by atoms with E-state index in [4.69, 9.17) is 5.41 Å². The van der Waals surface area contributed by atoms with Gasteiger partial charge in [0.25, 0.3) is 5.43 Å². The number of imidazole rings is 1. The summed E-state index contributed by atoms with van der Waals surface area (Å²) in [5.74, 6) is 2.15. The first-order chi connectivity index (χ1) is 7.19. The van der Waals surface area contributed by atoms with Crippen molar-refractivity contribution in [3.05, 3.63) is 27.8 Å². The van der Waals surface area contributed by atoms with Crippen molar-refractivity contribution in [3.8, 4) is 0 Å². The molecule has 5 nitrogen and oxygen atoms in total. The predicted molar refractivity (Wildman–Crippen MR) is 56.5 cm³/mol. The Labute approximate surface area is 89.5 Å². The maximum Gasteiger partial charge on any atom is 0.356 e. The Morgan fingerprint density at radius 1 is 1.67 bits per heavy atom. The third-order valence-corrected chi connectivity index (χ3v) is 2.82. The molecule has 0 amide bonds. The molecule has 2 rings (SSSR count). The zero-order valence-corrected chi connectivity index (χ0v) is 9.13.